The summed E-state index contributed by atoms with van der Waals surface area (Å²) >= 11 is 6.62. The number of rotatable bonds is 4. The third kappa shape index (κ3) is 4.56. The van der Waals surface area contributed by atoms with E-state index >= 15 is 0 Å². The van der Waals surface area contributed by atoms with E-state index in [9.17, 15) is 8.42 Å². The zero-order chi connectivity index (χ0) is 15.5. The van der Waals surface area contributed by atoms with Crippen molar-refractivity contribution in [1.82, 2.24) is 0 Å². The second-order valence-electron chi connectivity index (χ2n) is 4.29. The van der Waals surface area contributed by atoms with Gasteiger partial charge in [-0.15, -0.1) is 0 Å². The molecule has 0 heterocycles. The first-order chi connectivity index (χ1) is 9.89. The van der Waals surface area contributed by atoms with E-state index in [2.05, 4.69) is 36.6 Å². The summed E-state index contributed by atoms with van der Waals surface area (Å²) in [5.41, 5.74) is 1.60. The number of hydrogen-bond donors (Lipinski definition) is 1. The molecular formula is C14H10Br2N2O2S. The Balaban J connectivity index is 2.16. The molecule has 1 N–H and O–H groups in total. The maximum atomic E-state index is 12.2. The van der Waals surface area contributed by atoms with Crippen molar-refractivity contribution in [3.63, 3.8) is 0 Å². The van der Waals surface area contributed by atoms with Gasteiger partial charge in [-0.1, -0.05) is 28.1 Å². The van der Waals surface area contributed by atoms with Crippen molar-refractivity contribution in [3.05, 3.63) is 62.5 Å². The fourth-order valence-corrected chi connectivity index (χ4v) is 4.16. The third-order valence-electron chi connectivity index (χ3n) is 2.64. The van der Waals surface area contributed by atoms with E-state index in [0.29, 0.717) is 21.3 Å². The minimum Gasteiger partial charge on any atom is -0.282 e. The van der Waals surface area contributed by atoms with Crippen LogP contribution in [0.5, 0.6) is 0 Å². The van der Waals surface area contributed by atoms with E-state index in [4.69, 9.17) is 5.26 Å². The molecule has 0 atom stereocenters. The van der Waals surface area contributed by atoms with Crippen LogP contribution in [0, 0.1) is 11.3 Å². The van der Waals surface area contributed by atoms with E-state index in [1.54, 1.807) is 42.5 Å². The molecule has 0 saturated heterocycles. The van der Waals surface area contributed by atoms with Gasteiger partial charge >= 0.3 is 0 Å². The minimum atomic E-state index is -3.52. The lowest BCUT2D eigenvalue weighted by Crippen LogP contribution is -2.15. The Morgan fingerprint density at radius 2 is 1.76 bits per heavy atom. The fourth-order valence-electron chi connectivity index (χ4n) is 1.67. The van der Waals surface area contributed by atoms with Crippen LogP contribution in [0.2, 0.25) is 0 Å². The molecule has 0 aliphatic rings. The summed E-state index contributed by atoms with van der Waals surface area (Å²) < 4.78 is 28.3. The van der Waals surface area contributed by atoms with E-state index in [0.717, 1.165) is 4.47 Å². The molecule has 2 aromatic carbocycles. The number of anilines is 1. The molecule has 4 nitrogen and oxygen atoms in total. The van der Waals surface area contributed by atoms with E-state index in [-0.39, 0.29) is 5.75 Å². The van der Waals surface area contributed by atoms with Crippen LogP contribution in [0.4, 0.5) is 5.69 Å². The van der Waals surface area contributed by atoms with Crippen LogP contribution in [-0.4, -0.2) is 8.42 Å². The van der Waals surface area contributed by atoms with Crippen LogP contribution in [0.25, 0.3) is 0 Å². The molecule has 0 spiro atoms. The van der Waals surface area contributed by atoms with E-state index in [1.165, 1.54) is 0 Å². The summed E-state index contributed by atoms with van der Waals surface area (Å²) in [4.78, 5) is 0. The largest absolute Gasteiger partial charge is 0.282 e. The first kappa shape index (κ1) is 16.0. The Labute approximate surface area is 140 Å². The van der Waals surface area contributed by atoms with Crippen molar-refractivity contribution in [2.75, 3.05) is 4.72 Å². The Morgan fingerprint density at radius 1 is 1.10 bits per heavy atom. The lowest BCUT2D eigenvalue weighted by molar-refractivity contribution is 0.600. The zero-order valence-electron chi connectivity index (χ0n) is 10.7. The van der Waals surface area contributed by atoms with Crippen molar-refractivity contribution in [1.29, 1.82) is 5.26 Å². The van der Waals surface area contributed by atoms with Crippen LogP contribution in [-0.2, 0) is 15.8 Å². The summed E-state index contributed by atoms with van der Waals surface area (Å²) in [5, 5.41) is 8.72. The zero-order valence-corrected chi connectivity index (χ0v) is 14.7. The summed E-state index contributed by atoms with van der Waals surface area (Å²) in [7, 11) is -3.52. The van der Waals surface area contributed by atoms with Gasteiger partial charge in [-0.3, -0.25) is 4.72 Å². The van der Waals surface area contributed by atoms with Gasteiger partial charge in [-0.05, 0) is 51.8 Å². The van der Waals surface area contributed by atoms with Gasteiger partial charge in [-0.25, -0.2) is 8.42 Å². The number of benzene rings is 2. The lowest BCUT2D eigenvalue weighted by Gasteiger charge is -2.10. The Bertz CT molecular complexity index is 797. The Hall–Kier alpha value is -1.36. The third-order valence-corrected chi connectivity index (χ3v) is 5.03. The molecule has 0 fully saturated rings. The van der Waals surface area contributed by atoms with Crippen molar-refractivity contribution in [2.45, 2.75) is 5.75 Å². The first-order valence-corrected chi connectivity index (χ1v) is 9.08. The van der Waals surface area contributed by atoms with Crippen LogP contribution in [0.15, 0.2) is 51.4 Å². The number of halogens is 2. The normalized spacial score (nSPS) is 10.9. The summed E-state index contributed by atoms with van der Waals surface area (Å²) in [5.74, 6) is -0.152. The molecular weight excluding hydrogens is 420 g/mol. The average molecular weight is 430 g/mol. The first-order valence-electron chi connectivity index (χ1n) is 5.84. The predicted octanol–water partition coefficient (Wildman–Crippen LogP) is 4.03. The summed E-state index contributed by atoms with van der Waals surface area (Å²) in [6, 6.07) is 13.6. The molecule has 0 amide bonds. The molecule has 0 unspecified atom stereocenters. The van der Waals surface area contributed by atoms with Crippen molar-refractivity contribution >= 4 is 47.6 Å². The van der Waals surface area contributed by atoms with Gasteiger partial charge < -0.3 is 0 Å². The molecule has 0 aliphatic carbocycles. The summed E-state index contributed by atoms with van der Waals surface area (Å²) in [6.07, 6.45) is 0. The van der Waals surface area contributed by atoms with Crippen molar-refractivity contribution in [2.24, 2.45) is 0 Å². The van der Waals surface area contributed by atoms with Gasteiger partial charge in [-0.2, -0.15) is 5.26 Å². The number of nitriles is 1. The van der Waals surface area contributed by atoms with Crippen LogP contribution in [0.3, 0.4) is 0 Å². The second kappa shape index (κ2) is 6.60. The molecule has 2 aromatic rings. The lowest BCUT2D eigenvalue weighted by atomic mass is 10.2. The van der Waals surface area contributed by atoms with Crippen LogP contribution in [0.1, 0.15) is 11.1 Å². The van der Waals surface area contributed by atoms with Gasteiger partial charge in [0, 0.05) is 8.95 Å². The number of sulfonamides is 1. The SMILES string of the molecule is N#Cc1ccc(CS(=O)(=O)Nc2ccc(Br)cc2Br)cc1. The number of nitrogens with one attached hydrogen (secondary N) is 1. The van der Waals surface area contributed by atoms with Crippen molar-refractivity contribution in [3.8, 4) is 6.07 Å². The van der Waals surface area contributed by atoms with E-state index < -0.39 is 10.0 Å². The van der Waals surface area contributed by atoms with Crippen LogP contribution >= 0.6 is 31.9 Å². The molecule has 0 saturated carbocycles. The maximum absolute atomic E-state index is 12.2. The van der Waals surface area contributed by atoms with Crippen LogP contribution < -0.4 is 4.72 Å². The fraction of sp³-hybridized carbons (Fsp3) is 0.0714. The van der Waals surface area contributed by atoms with E-state index in [1.807, 2.05) is 6.07 Å². The summed E-state index contributed by atoms with van der Waals surface area (Å²) in [6.45, 7) is 0. The van der Waals surface area contributed by atoms with Gasteiger partial charge in [0.2, 0.25) is 10.0 Å². The molecule has 0 radical (unpaired) electrons. The molecule has 7 heteroatoms. The molecule has 0 aliphatic heterocycles. The number of hydrogen-bond acceptors (Lipinski definition) is 3. The minimum absolute atomic E-state index is 0.152. The molecule has 21 heavy (non-hydrogen) atoms. The highest BCUT2D eigenvalue weighted by atomic mass is 79.9. The van der Waals surface area contributed by atoms with Gasteiger partial charge in [0.05, 0.1) is 23.1 Å². The molecule has 108 valence electrons. The highest BCUT2D eigenvalue weighted by molar-refractivity contribution is 9.11. The van der Waals surface area contributed by atoms with Crippen molar-refractivity contribution < 1.29 is 8.42 Å². The quantitative estimate of drug-likeness (QED) is 0.797. The monoisotopic (exact) mass is 428 g/mol. The Kier molecular flexibility index (Phi) is 5.04. The van der Waals surface area contributed by atoms with Gasteiger partial charge in [0.25, 0.3) is 0 Å². The molecule has 0 bridgehead atoms. The Morgan fingerprint density at radius 3 is 2.33 bits per heavy atom. The average Bonchev–Trinajstić information content (AvgIpc) is 2.42. The molecule has 2 rings (SSSR count). The molecule has 0 aromatic heterocycles. The smallest absolute Gasteiger partial charge is 0.236 e. The van der Waals surface area contributed by atoms with Gasteiger partial charge in [0.15, 0.2) is 0 Å². The standard InChI is InChI=1S/C14H10Br2N2O2S/c15-12-5-6-14(13(16)7-12)18-21(19,20)9-11-3-1-10(8-17)2-4-11/h1-7,18H,9H2. The maximum Gasteiger partial charge on any atom is 0.236 e. The highest BCUT2D eigenvalue weighted by Gasteiger charge is 2.13. The number of nitrogens with zero attached hydrogens (tertiary/aromatic N) is 1. The topological polar surface area (TPSA) is 70.0 Å². The second-order valence-corrected chi connectivity index (χ2v) is 7.79. The predicted molar refractivity (Wildman–Crippen MR) is 89.2 cm³/mol. The highest BCUT2D eigenvalue weighted by Crippen LogP contribution is 2.27. The van der Waals surface area contributed by atoms with Gasteiger partial charge in [0.1, 0.15) is 0 Å².